The summed E-state index contributed by atoms with van der Waals surface area (Å²) in [6, 6.07) is 4.82. The first-order chi connectivity index (χ1) is 8.84. The third-order valence-corrected chi connectivity index (χ3v) is 2.61. The number of hydrogen-bond donors (Lipinski definition) is 0. The highest BCUT2D eigenvalue weighted by Gasteiger charge is 2.33. The lowest BCUT2D eigenvalue weighted by Gasteiger charge is -2.11. The van der Waals surface area contributed by atoms with E-state index in [0.717, 1.165) is 25.0 Å². The van der Waals surface area contributed by atoms with Gasteiger partial charge in [-0.05, 0) is 37.0 Å². The molecule has 0 radical (unpaired) electrons. The summed E-state index contributed by atoms with van der Waals surface area (Å²) in [6.45, 7) is 4.62. The topological polar surface area (TPSA) is 33.0 Å². The number of ether oxygens (including phenoxy) is 1. The van der Waals surface area contributed by atoms with E-state index in [2.05, 4.69) is 13.8 Å². The molecule has 0 saturated carbocycles. The van der Waals surface area contributed by atoms with Crippen molar-refractivity contribution in [3.05, 3.63) is 29.3 Å². The number of hydrogen-bond acceptors (Lipinski definition) is 2. The Hall–Kier alpha value is -1.70. The van der Waals surface area contributed by atoms with Crippen molar-refractivity contribution in [1.29, 1.82) is 5.26 Å². The number of nitriles is 1. The molecule has 0 aromatic heterocycles. The highest BCUT2D eigenvalue weighted by molar-refractivity contribution is 5.44. The van der Waals surface area contributed by atoms with Crippen molar-refractivity contribution in [2.24, 2.45) is 5.92 Å². The van der Waals surface area contributed by atoms with Gasteiger partial charge in [0.05, 0.1) is 23.8 Å². The summed E-state index contributed by atoms with van der Waals surface area (Å²) in [5, 5.41) is 8.75. The van der Waals surface area contributed by atoms with E-state index >= 15 is 0 Å². The van der Waals surface area contributed by atoms with E-state index in [0.29, 0.717) is 18.3 Å². The average molecular weight is 271 g/mol. The molecule has 0 atom stereocenters. The van der Waals surface area contributed by atoms with Gasteiger partial charge in [-0.25, -0.2) is 0 Å². The molecule has 19 heavy (non-hydrogen) atoms. The van der Waals surface area contributed by atoms with Crippen LogP contribution in [0.2, 0.25) is 0 Å². The van der Waals surface area contributed by atoms with E-state index in [1.54, 1.807) is 6.07 Å². The van der Waals surface area contributed by atoms with Gasteiger partial charge in [0.15, 0.2) is 0 Å². The summed E-state index contributed by atoms with van der Waals surface area (Å²) in [5.74, 6) is 0.860. The molecule has 0 heterocycles. The quantitative estimate of drug-likeness (QED) is 0.744. The highest BCUT2D eigenvalue weighted by atomic mass is 19.4. The summed E-state index contributed by atoms with van der Waals surface area (Å²) in [5.41, 5.74) is -1.33. The zero-order chi connectivity index (χ0) is 14.5. The van der Waals surface area contributed by atoms with E-state index in [-0.39, 0.29) is 0 Å². The Balaban J connectivity index is 2.71. The van der Waals surface area contributed by atoms with Crippen molar-refractivity contribution < 1.29 is 17.9 Å². The second-order valence-electron chi connectivity index (χ2n) is 4.70. The Morgan fingerprint density at radius 2 is 2.00 bits per heavy atom. The lowest BCUT2D eigenvalue weighted by atomic mass is 10.1. The van der Waals surface area contributed by atoms with Crippen LogP contribution in [0.5, 0.6) is 5.75 Å². The minimum absolute atomic E-state index is 0.299. The van der Waals surface area contributed by atoms with E-state index in [1.807, 2.05) is 0 Å². The van der Waals surface area contributed by atoms with Gasteiger partial charge in [0.25, 0.3) is 0 Å². The Morgan fingerprint density at radius 1 is 1.32 bits per heavy atom. The summed E-state index contributed by atoms with van der Waals surface area (Å²) in [4.78, 5) is 0. The van der Waals surface area contributed by atoms with E-state index in [4.69, 9.17) is 10.00 Å². The van der Waals surface area contributed by atoms with Gasteiger partial charge in [-0.3, -0.25) is 0 Å². The summed E-state index contributed by atoms with van der Waals surface area (Å²) in [7, 11) is 0. The summed E-state index contributed by atoms with van der Waals surface area (Å²) in [6.07, 6.45) is -2.69. The fourth-order valence-electron chi connectivity index (χ4n) is 1.63. The van der Waals surface area contributed by atoms with Crippen LogP contribution in [-0.4, -0.2) is 6.61 Å². The van der Waals surface area contributed by atoms with Crippen LogP contribution in [0, 0.1) is 17.2 Å². The molecule has 104 valence electrons. The molecule has 0 saturated heterocycles. The second-order valence-corrected chi connectivity index (χ2v) is 4.70. The molecule has 0 aliphatic carbocycles. The van der Waals surface area contributed by atoms with Crippen molar-refractivity contribution in [3.8, 4) is 11.8 Å². The Bertz CT molecular complexity index is 461. The smallest absolute Gasteiger partial charge is 0.417 e. The van der Waals surface area contributed by atoms with Crippen LogP contribution in [0.25, 0.3) is 0 Å². The molecule has 0 aliphatic heterocycles. The molecule has 1 rings (SSSR count). The summed E-state index contributed by atoms with van der Waals surface area (Å²) < 4.78 is 43.1. The van der Waals surface area contributed by atoms with Crippen LogP contribution in [0.3, 0.4) is 0 Å². The van der Waals surface area contributed by atoms with Crippen LogP contribution in [0.15, 0.2) is 18.2 Å². The molecule has 1 aromatic rings. The van der Waals surface area contributed by atoms with Gasteiger partial charge in [0, 0.05) is 0 Å². The van der Waals surface area contributed by atoms with Gasteiger partial charge in [-0.1, -0.05) is 13.8 Å². The molecule has 1 aromatic carbocycles. The first-order valence-corrected chi connectivity index (χ1v) is 6.08. The van der Waals surface area contributed by atoms with Gasteiger partial charge in [0.1, 0.15) is 5.75 Å². The zero-order valence-corrected chi connectivity index (χ0v) is 10.9. The Labute approximate surface area is 110 Å². The number of benzene rings is 1. The highest BCUT2D eigenvalue weighted by Crippen LogP contribution is 2.33. The molecule has 0 unspecified atom stereocenters. The third-order valence-electron chi connectivity index (χ3n) is 2.61. The fraction of sp³-hybridized carbons (Fsp3) is 0.500. The van der Waals surface area contributed by atoms with Crippen LogP contribution >= 0.6 is 0 Å². The minimum atomic E-state index is -4.51. The maximum absolute atomic E-state index is 12.6. The normalized spacial score (nSPS) is 11.4. The van der Waals surface area contributed by atoms with Gasteiger partial charge < -0.3 is 4.74 Å². The van der Waals surface area contributed by atoms with Crippen molar-refractivity contribution in [1.82, 2.24) is 0 Å². The maximum Gasteiger partial charge on any atom is 0.417 e. The first kappa shape index (κ1) is 15.4. The van der Waals surface area contributed by atoms with Gasteiger partial charge >= 0.3 is 6.18 Å². The van der Waals surface area contributed by atoms with Crippen LogP contribution in [0.1, 0.15) is 37.8 Å². The van der Waals surface area contributed by atoms with Crippen molar-refractivity contribution in [2.45, 2.75) is 32.9 Å². The predicted octanol–water partition coefficient (Wildman–Crippen LogP) is 4.39. The SMILES string of the molecule is CC(C)CCCOc1ccc(C(F)(F)F)c(C#N)c1. The van der Waals surface area contributed by atoms with Gasteiger partial charge in [0.2, 0.25) is 0 Å². The number of rotatable bonds is 5. The maximum atomic E-state index is 12.6. The standard InChI is InChI=1S/C14H16F3NO/c1-10(2)4-3-7-19-12-5-6-13(14(15,16)17)11(8-12)9-18/h5-6,8,10H,3-4,7H2,1-2H3. The number of alkyl halides is 3. The lowest BCUT2D eigenvalue weighted by Crippen LogP contribution is -2.08. The van der Waals surface area contributed by atoms with Crippen LogP contribution < -0.4 is 4.74 Å². The van der Waals surface area contributed by atoms with E-state index < -0.39 is 17.3 Å². The molecule has 0 fully saturated rings. The molecular weight excluding hydrogens is 255 g/mol. The molecular formula is C14H16F3NO. The van der Waals surface area contributed by atoms with Gasteiger partial charge in [-0.2, -0.15) is 18.4 Å². The zero-order valence-electron chi connectivity index (χ0n) is 10.9. The second kappa shape index (κ2) is 6.46. The lowest BCUT2D eigenvalue weighted by molar-refractivity contribution is -0.137. The fourth-order valence-corrected chi connectivity index (χ4v) is 1.63. The van der Waals surface area contributed by atoms with Crippen molar-refractivity contribution >= 4 is 0 Å². The molecule has 0 amide bonds. The predicted molar refractivity (Wildman–Crippen MR) is 65.7 cm³/mol. The van der Waals surface area contributed by atoms with E-state index in [1.165, 1.54) is 6.07 Å². The largest absolute Gasteiger partial charge is 0.494 e. The van der Waals surface area contributed by atoms with Crippen molar-refractivity contribution in [2.75, 3.05) is 6.61 Å². The molecule has 0 spiro atoms. The first-order valence-electron chi connectivity index (χ1n) is 6.08. The van der Waals surface area contributed by atoms with Crippen molar-refractivity contribution in [3.63, 3.8) is 0 Å². The Kier molecular flexibility index (Phi) is 5.22. The monoisotopic (exact) mass is 271 g/mol. The Morgan fingerprint density at radius 3 is 2.53 bits per heavy atom. The average Bonchev–Trinajstić information content (AvgIpc) is 2.32. The van der Waals surface area contributed by atoms with Crippen LogP contribution in [0.4, 0.5) is 13.2 Å². The molecule has 5 heteroatoms. The van der Waals surface area contributed by atoms with Gasteiger partial charge in [-0.15, -0.1) is 0 Å². The minimum Gasteiger partial charge on any atom is -0.494 e. The molecule has 0 N–H and O–H groups in total. The molecule has 0 aliphatic rings. The van der Waals surface area contributed by atoms with Crippen LogP contribution in [-0.2, 0) is 6.18 Å². The third kappa shape index (κ3) is 4.82. The van der Waals surface area contributed by atoms with E-state index in [9.17, 15) is 13.2 Å². The number of nitrogens with zero attached hydrogens (tertiary/aromatic N) is 1. The number of halogens is 3. The summed E-state index contributed by atoms with van der Waals surface area (Å²) >= 11 is 0. The molecule has 0 bridgehead atoms. The molecule has 2 nitrogen and oxygen atoms in total.